The van der Waals surface area contributed by atoms with Gasteiger partial charge in [0.25, 0.3) is 0 Å². The fourth-order valence-electron chi connectivity index (χ4n) is 1.49. The number of rotatable bonds is 3. The molecule has 0 aliphatic heterocycles. The van der Waals surface area contributed by atoms with Gasteiger partial charge in [0.05, 0.1) is 0 Å². The van der Waals surface area contributed by atoms with Crippen molar-refractivity contribution in [2.75, 3.05) is 7.05 Å². The van der Waals surface area contributed by atoms with Gasteiger partial charge in [0.2, 0.25) is 0 Å². The normalized spacial score (nSPS) is 28.8. The topological polar surface area (TPSA) is 12.0 Å². The lowest BCUT2D eigenvalue weighted by Gasteiger charge is -2.23. The van der Waals surface area contributed by atoms with Crippen LogP contribution in [0, 0.1) is 5.92 Å². The smallest absolute Gasteiger partial charge is 0.0438 e. The second-order valence-corrected chi connectivity index (χ2v) is 4.32. The molecule has 1 aliphatic rings. The van der Waals surface area contributed by atoms with E-state index in [2.05, 4.69) is 36.8 Å². The van der Waals surface area contributed by atoms with Crippen molar-refractivity contribution in [2.45, 2.75) is 25.5 Å². The van der Waals surface area contributed by atoms with Gasteiger partial charge in [-0.3, -0.25) is 4.72 Å². The van der Waals surface area contributed by atoms with Crippen molar-refractivity contribution in [3.8, 4) is 0 Å². The third-order valence-electron chi connectivity index (χ3n) is 2.17. The first-order chi connectivity index (χ1) is 5.77. The Kier molecular flexibility index (Phi) is 3.89. The molecule has 0 fully saturated rings. The molecule has 12 heavy (non-hydrogen) atoms. The van der Waals surface area contributed by atoms with Gasteiger partial charge < -0.3 is 0 Å². The van der Waals surface area contributed by atoms with E-state index < -0.39 is 0 Å². The predicted molar refractivity (Wildman–Crippen MR) is 57.1 cm³/mol. The van der Waals surface area contributed by atoms with Crippen LogP contribution in [-0.4, -0.2) is 12.3 Å². The van der Waals surface area contributed by atoms with Crippen molar-refractivity contribution in [2.24, 2.45) is 5.92 Å². The maximum atomic E-state index is 3.15. The molecular weight excluding hydrogens is 166 g/mol. The summed E-state index contributed by atoms with van der Waals surface area (Å²) in [5.41, 5.74) is 1.40. The van der Waals surface area contributed by atoms with Crippen molar-refractivity contribution in [3.05, 3.63) is 23.8 Å². The zero-order valence-electron chi connectivity index (χ0n) is 8.00. The summed E-state index contributed by atoms with van der Waals surface area (Å²) in [6, 6.07) is 0. The van der Waals surface area contributed by atoms with Crippen LogP contribution in [0.5, 0.6) is 0 Å². The molecule has 0 bridgehead atoms. The highest BCUT2D eigenvalue weighted by Crippen LogP contribution is 2.27. The maximum absolute atomic E-state index is 3.15. The number of hydrogen-bond donors (Lipinski definition) is 1. The summed E-state index contributed by atoms with van der Waals surface area (Å²) >= 11 is 1.81. The van der Waals surface area contributed by atoms with E-state index in [0.717, 1.165) is 0 Å². The summed E-state index contributed by atoms with van der Waals surface area (Å²) in [7, 11) is 1.98. The summed E-state index contributed by atoms with van der Waals surface area (Å²) in [6.07, 6.45) is 8.10. The fourth-order valence-corrected chi connectivity index (χ4v) is 2.37. The van der Waals surface area contributed by atoms with Crippen LogP contribution in [0.25, 0.3) is 0 Å². The van der Waals surface area contributed by atoms with Crippen LogP contribution in [0.1, 0.15) is 20.3 Å². The van der Waals surface area contributed by atoms with Crippen LogP contribution in [0.3, 0.4) is 0 Å². The first kappa shape index (κ1) is 9.87. The first-order valence-corrected chi connectivity index (χ1v) is 5.35. The highest BCUT2D eigenvalue weighted by atomic mass is 32.2. The Balaban J connectivity index is 2.59. The van der Waals surface area contributed by atoms with Crippen LogP contribution in [0.2, 0.25) is 0 Å². The van der Waals surface area contributed by atoms with Crippen molar-refractivity contribution in [1.82, 2.24) is 4.72 Å². The second kappa shape index (κ2) is 4.73. The minimum absolute atomic E-state index is 0.615. The van der Waals surface area contributed by atoms with Crippen molar-refractivity contribution in [1.29, 1.82) is 0 Å². The van der Waals surface area contributed by atoms with E-state index in [-0.39, 0.29) is 0 Å². The van der Waals surface area contributed by atoms with Crippen molar-refractivity contribution >= 4 is 11.9 Å². The third-order valence-corrected chi connectivity index (χ3v) is 3.19. The van der Waals surface area contributed by atoms with E-state index in [9.17, 15) is 0 Å². The molecule has 0 aromatic carbocycles. The minimum Gasteiger partial charge on any atom is -0.267 e. The summed E-state index contributed by atoms with van der Waals surface area (Å²) in [5, 5.41) is 0.615. The van der Waals surface area contributed by atoms with Gasteiger partial charge >= 0.3 is 0 Å². The van der Waals surface area contributed by atoms with E-state index >= 15 is 0 Å². The standard InChI is InChI=1S/C10H17NS/c1-4-9-7-8(2)5-6-10(9)12-11-3/h5-7,9-11H,4H2,1-3H3. The molecule has 1 nitrogen and oxygen atoms in total. The molecule has 0 radical (unpaired) electrons. The average molecular weight is 183 g/mol. The van der Waals surface area contributed by atoms with Gasteiger partial charge in [0.1, 0.15) is 0 Å². The molecule has 0 amide bonds. The van der Waals surface area contributed by atoms with Crippen molar-refractivity contribution in [3.63, 3.8) is 0 Å². The van der Waals surface area contributed by atoms with Gasteiger partial charge in [-0.2, -0.15) is 0 Å². The van der Waals surface area contributed by atoms with E-state index in [1.54, 1.807) is 11.9 Å². The van der Waals surface area contributed by atoms with Gasteiger partial charge in [0.15, 0.2) is 0 Å². The maximum Gasteiger partial charge on any atom is 0.0438 e. The molecule has 0 spiro atoms. The van der Waals surface area contributed by atoms with Gasteiger partial charge in [-0.05, 0) is 26.3 Å². The third kappa shape index (κ3) is 2.39. The zero-order valence-corrected chi connectivity index (χ0v) is 8.82. The summed E-state index contributed by atoms with van der Waals surface area (Å²) in [6.45, 7) is 4.41. The lowest BCUT2D eigenvalue weighted by molar-refractivity contribution is 0.639. The summed E-state index contributed by atoms with van der Waals surface area (Å²) < 4.78 is 3.15. The van der Waals surface area contributed by atoms with E-state index in [0.29, 0.717) is 11.2 Å². The van der Waals surface area contributed by atoms with Crippen LogP contribution in [0.4, 0.5) is 0 Å². The fraction of sp³-hybridized carbons (Fsp3) is 0.600. The molecule has 1 aliphatic carbocycles. The molecule has 1 N–H and O–H groups in total. The van der Waals surface area contributed by atoms with E-state index in [1.165, 1.54) is 12.0 Å². The molecule has 2 atom stereocenters. The highest BCUT2D eigenvalue weighted by Gasteiger charge is 2.17. The van der Waals surface area contributed by atoms with Crippen LogP contribution < -0.4 is 4.72 Å². The molecule has 0 saturated carbocycles. The quantitative estimate of drug-likeness (QED) is 0.675. The lowest BCUT2D eigenvalue weighted by atomic mass is 9.94. The SMILES string of the molecule is CCC1C=C(C)C=CC1SNC. The van der Waals surface area contributed by atoms with E-state index in [4.69, 9.17) is 0 Å². The summed E-state index contributed by atoms with van der Waals surface area (Å²) in [5.74, 6) is 0.701. The Bertz CT molecular complexity index is 196. The van der Waals surface area contributed by atoms with Crippen LogP contribution in [-0.2, 0) is 0 Å². The Morgan fingerprint density at radius 2 is 2.33 bits per heavy atom. The molecular formula is C10H17NS. The van der Waals surface area contributed by atoms with Crippen LogP contribution in [0.15, 0.2) is 23.8 Å². The van der Waals surface area contributed by atoms with Gasteiger partial charge in [-0.1, -0.05) is 42.7 Å². The molecule has 0 saturated heterocycles. The molecule has 0 heterocycles. The number of allylic oxidation sites excluding steroid dienone is 3. The number of nitrogens with one attached hydrogen (secondary N) is 1. The van der Waals surface area contributed by atoms with Gasteiger partial charge in [-0.25, -0.2) is 0 Å². The average Bonchev–Trinajstić information content (AvgIpc) is 2.08. The van der Waals surface area contributed by atoms with Crippen LogP contribution >= 0.6 is 11.9 Å². The Morgan fingerprint density at radius 3 is 2.92 bits per heavy atom. The molecule has 1 rings (SSSR count). The van der Waals surface area contributed by atoms with Crippen molar-refractivity contribution < 1.29 is 0 Å². The Labute approximate surface area is 79.4 Å². The number of hydrogen-bond acceptors (Lipinski definition) is 2. The zero-order chi connectivity index (χ0) is 8.97. The molecule has 0 aromatic heterocycles. The molecule has 68 valence electrons. The monoisotopic (exact) mass is 183 g/mol. The molecule has 0 aromatic rings. The largest absolute Gasteiger partial charge is 0.267 e. The highest BCUT2D eigenvalue weighted by molar-refractivity contribution is 7.98. The van der Waals surface area contributed by atoms with Gasteiger partial charge in [-0.15, -0.1) is 0 Å². The lowest BCUT2D eigenvalue weighted by Crippen LogP contribution is -2.18. The summed E-state index contributed by atoms with van der Waals surface area (Å²) in [4.78, 5) is 0. The first-order valence-electron chi connectivity index (χ1n) is 4.47. The molecule has 2 unspecified atom stereocenters. The second-order valence-electron chi connectivity index (χ2n) is 3.13. The molecule has 2 heteroatoms. The van der Waals surface area contributed by atoms with Gasteiger partial charge in [0, 0.05) is 5.25 Å². The Morgan fingerprint density at radius 1 is 1.58 bits per heavy atom. The Hall–Kier alpha value is -0.210. The predicted octanol–water partition coefficient (Wildman–Crippen LogP) is 2.76. The van der Waals surface area contributed by atoms with E-state index in [1.807, 2.05) is 7.05 Å². The minimum atomic E-state index is 0.615.